The van der Waals surface area contributed by atoms with Crippen molar-refractivity contribution in [2.24, 2.45) is 0 Å². The topological polar surface area (TPSA) is 43.9 Å². The van der Waals surface area contributed by atoms with E-state index in [4.69, 9.17) is 16.1 Å². The summed E-state index contributed by atoms with van der Waals surface area (Å²) in [5.41, 5.74) is 1.08. The Bertz CT molecular complexity index is 742. The van der Waals surface area contributed by atoms with Crippen LogP contribution >= 0.6 is 11.6 Å². The second-order valence-electron chi connectivity index (χ2n) is 4.97. The Hall–Kier alpha value is -1.81. The van der Waals surface area contributed by atoms with Gasteiger partial charge in [0.15, 0.2) is 5.82 Å². The fourth-order valence-corrected chi connectivity index (χ4v) is 2.45. The summed E-state index contributed by atoms with van der Waals surface area (Å²) in [7, 11) is 0. The van der Waals surface area contributed by atoms with Crippen LogP contribution in [0.15, 0.2) is 35.0 Å². The van der Waals surface area contributed by atoms with E-state index >= 15 is 0 Å². The molecule has 2 heterocycles. The number of fused-ring (bicyclic) bond motifs is 1. The average Bonchev–Trinajstić information content (AvgIpc) is 3.04. The van der Waals surface area contributed by atoms with Crippen molar-refractivity contribution in [1.82, 2.24) is 14.7 Å². The third-order valence-electron chi connectivity index (χ3n) is 3.47. The number of hydrogen-bond acceptors (Lipinski definition) is 3. The minimum Gasteiger partial charge on any atom is -0.338 e. The fourth-order valence-electron chi connectivity index (χ4n) is 2.28. The van der Waals surface area contributed by atoms with Crippen molar-refractivity contribution in [2.75, 3.05) is 0 Å². The van der Waals surface area contributed by atoms with E-state index in [1.807, 2.05) is 24.4 Å². The second-order valence-corrected chi connectivity index (χ2v) is 5.40. The number of aromatic nitrogens is 3. The first-order chi connectivity index (χ1) is 9.29. The van der Waals surface area contributed by atoms with Crippen molar-refractivity contribution in [2.45, 2.75) is 25.3 Å². The molecule has 0 radical (unpaired) electrons. The first-order valence-electron chi connectivity index (χ1n) is 6.36. The van der Waals surface area contributed by atoms with Gasteiger partial charge in [-0.2, -0.15) is 4.98 Å². The molecular weight excluding hydrogens is 262 g/mol. The lowest BCUT2D eigenvalue weighted by atomic mass is 10.2. The summed E-state index contributed by atoms with van der Waals surface area (Å²) in [4.78, 5) is 4.44. The van der Waals surface area contributed by atoms with Gasteiger partial charge in [-0.3, -0.25) is 0 Å². The quantitative estimate of drug-likeness (QED) is 0.732. The van der Waals surface area contributed by atoms with E-state index < -0.39 is 0 Å². The smallest absolute Gasteiger partial charge is 0.246 e. The Kier molecular flexibility index (Phi) is 2.38. The zero-order valence-electron chi connectivity index (χ0n) is 10.2. The highest BCUT2D eigenvalue weighted by Crippen LogP contribution is 2.38. The van der Waals surface area contributed by atoms with Crippen molar-refractivity contribution in [1.29, 1.82) is 0 Å². The molecule has 0 spiro atoms. The minimum atomic E-state index is 0.522. The molecule has 1 aliphatic rings. The number of nitrogens with zero attached hydrogens (tertiary/aromatic N) is 3. The third kappa shape index (κ3) is 2.02. The first kappa shape index (κ1) is 11.1. The van der Waals surface area contributed by atoms with Crippen molar-refractivity contribution < 1.29 is 4.52 Å². The number of rotatable bonds is 3. The zero-order valence-corrected chi connectivity index (χ0v) is 11.0. The molecule has 0 bridgehead atoms. The maximum Gasteiger partial charge on any atom is 0.246 e. The van der Waals surface area contributed by atoms with E-state index in [1.54, 1.807) is 0 Å². The Morgan fingerprint density at radius 1 is 1.32 bits per heavy atom. The number of hydrogen-bond donors (Lipinski definition) is 0. The molecule has 1 aliphatic carbocycles. The average molecular weight is 274 g/mol. The lowest BCUT2D eigenvalue weighted by Crippen LogP contribution is -1.98. The maximum atomic E-state index is 6.04. The standard InChI is InChI=1S/C14H12ClN3O/c15-11-4-3-9-5-6-18(12(9)7-11)8-13-16-14(17-19-13)10-1-2-10/h3-7,10H,1-2,8H2. The summed E-state index contributed by atoms with van der Waals surface area (Å²) >= 11 is 6.04. The fraction of sp³-hybridized carbons (Fsp3) is 0.286. The summed E-state index contributed by atoms with van der Waals surface area (Å²) in [6, 6.07) is 7.92. The molecule has 3 aromatic rings. The summed E-state index contributed by atoms with van der Waals surface area (Å²) in [5, 5.41) is 5.92. The molecule has 4 nitrogen and oxygen atoms in total. The molecule has 1 saturated carbocycles. The summed E-state index contributed by atoms with van der Waals surface area (Å²) < 4.78 is 7.38. The maximum absolute atomic E-state index is 6.04. The van der Waals surface area contributed by atoms with Crippen LogP contribution in [-0.4, -0.2) is 14.7 Å². The second kappa shape index (κ2) is 4.10. The van der Waals surface area contributed by atoms with Crippen molar-refractivity contribution in [3.05, 3.63) is 47.2 Å². The Balaban J connectivity index is 1.67. The molecule has 1 fully saturated rings. The van der Waals surface area contributed by atoms with E-state index in [2.05, 4.69) is 20.8 Å². The van der Waals surface area contributed by atoms with Crippen LogP contribution in [0.25, 0.3) is 10.9 Å². The molecule has 4 rings (SSSR count). The van der Waals surface area contributed by atoms with Gasteiger partial charge in [0.2, 0.25) is 5.89 Å². The van der Waals surface area contributed by atoms with Crippen molar-refractivity contribution in [3.8, 4) is 0 Å². The SMILES string of the molecule is Clc1ccc2ccn(Cc3nc(C4CC4)no3)c2c1. The minimum absolute atomic E-state index is 0.522. The molecule has 5 heteroatoms. The first-order valence-corrected chi connectivity index (χ1v) is 6.74. The molecule has 0 aliphatic heterocycles. The van der Waals surface area contributed by atoms with Crippen LogP contribution in [0.2, 0.25) is 5.02 Å². The summed E-state index contributed by atoms with van der Waals surface area (Å²) in [6.45, 7) is 0.587. The highest BCUT2D eigenvalue weighted by molar-refractivity contribution is 6.31. The van der Waals surface area contributed by atoms with Gasteiger partial charge in [0.1, 0.15) is 6.54 Å². The Labute approximate surface area is 115 Å². The molecule has 1 aromatic carbocycles. The zero-order chi connectivity index (χ0) is 12.8. The van der Waals surface area contributed by atoms with Crippen LogP contribution in [-0.2, 0) is 6.54 Å². The monoisotopic (exact) mass is 273 g/mol. The highest BCUT2D eigenvalue weighted by atomic mass is 35.5. The van der Waals surface area contributed by atoms with Gasteiger partial charge < -0.3 is 9.09 Å². The van der Waals surface area contributed by atoms with Crippen molar-refractivity contribution in [3.63, 3.8) is 0 Å². The molecule has 0 atom stereocenters. The van der Waals surface area contributed by atoms with Crippen LogP contribution in [0, 0.1) is 0 Å². The predicted octanol–water partition coefficient (Wildman–Crippen LogP) is 3.60. The van der Waals surface area contributed by atoms with Gasteiger partial charge in [-0.25, -0.2) is 0 Å². The van der Waals surface area contributed by atoms with Gasteiger partial charge in [-0.05, 0) is 36.4 Å². The highest BCUT2D eigenvalue weighted by Gasteiger charge is 2.28. The molecule has 0 unspecified atom stereocenters. The van der Waals surface area contributed by atoms with Gasteiger partial charge in [0.25, 0.3) is 0 Å². The Morgan fingerprint density at radius 2 is 2.21 bits per heavy atom. The van der Waals surface area contributed by atoms with Gasteiger partial charge in [-0.15, -0.1) is 0 Å². The van der Waals surface area contributed by atoms with E-state index in [1.165, 1.54) is 12.8 Å². The molecular formula is C14H12ClN3O. The van der Waals surface area contributed by atoms with Crippen LogP contribution < -0.4 is 0 Å². The van der Waals surface area contributed by atoms with Crippen LogP contribution in [0.3, 0.4) is 0 Å². The Morgan fingerprint density at radius 3 is 3.05 bits per heavy atom. The summed E-state index contributed by atoms with van der Waals surface area (Å²) in [5.74, 6) is 2.03. The van der Waals surface area contributed by atoms with Gasteiger partial charge in [0.05, 0.1) is 0 Å². The van der Waals surface area contributed by atoms with E-state index in [-0.39, 0.29) is 0 Å². The van der Waals surface area contributed by atoms with E-state index in [9.17, 15) is 0 Å². The van der Waals surface area contributed by atoms with Crippen molar-refractivity contribution >= 4 is 22.5 Å². The molecule has 0 saturated heterocycles. The predicted molar refractivity (Wildman–Crippen MR) is 72.3 cm³/mol. The van der Waals surface area contributed by atoms with Crippen LogP contribution in [0.5, 0.6) is 0 Å². The van der Waals surface area contributed by atoms with Gasteiger partial charge in [-0.1, -0.05) is 22.8 Å². The largest absolute Gasteiger partial charge is 0.338 e. The molecule has 96 valence electrons. The van der Waals surface area contributed by atoms with Crippen LogP contribution in [0.1, 0.15) is 30.5 Å². The number of halogens is 1. The van der Waals surface area contributed by atoms with Gasteiger partial charge in [0, 0.05) is 22.7 Å². The normalized spacial score (nSPS) is 15.2. The molecule has 0 amide bonds. The summed E-state index contributed by atoms with van der Waals surface area (Å²) in [6.07, 6.45) is 4.38. The number of benzene rings is 1. The van der Waals surface area contributed by atoms with E-state index in [0.29, 0.717) is 18.4 Å². The van der Waals surface area contributed by atoms with Gasteiger partial charge >= 0.3 is 0 Å². The van der Waals surface area contributed by atoms with E-state index in [0.717, 1.165) is 21.7 Å². The molecule has 19 heavy (non-hydrogen) atoms. The lowest BCUT2D eigenvalue weighted by molar-refractivity contribution is 0.367. The third-order valence-corrected chi connectivity index (χ3v) is 3.70. The lowest BCUT2D eigenvalue weighted by Gasteiger charge is -2.01. The van der Waals surface area contributed by atoms with Crippen LogP contribution in [0.4, 0.5) is 0 Å². The molecule has 2 aromatic heterocycles. The molecule has 0 N–H and O–H groups in total.